The maximum Gasteiger partial charge on any atom is 2.00 e. The van der Waals surface area contributed by atoms with Crippen molar-refractivity contribution >= 4 is 40.8 Å². The van der Waals surface area contributed by atoms with Crippen LogP contribution in [0.25, 0.3) is 0 Å². The average molecular weight is 316 g/mol. The van der Waals surface area contributed by atoms with E-state index in [4.69, 9.17) is 48.0 Å². The van der Waals surface area contributed by atoms with E-state index in [0.717, 1.165) is 0 Å². The number of hydrogen-bond acceptors (Lipinski definition) is 4. The molecule has 0 rings (SSSR count). The van der Waals surface area contributed by atoms with Gasteiger partial charge in [0.25, 0.3) is 0 Å². The van der Waals surface area contributed by atoms with Crippen molar-refractivity contribution in [2.45, 2.75) is 0 Å². The van der Waals surface area contributed by atoms with Gasteiger partial charge in [-0.1, -0.05) is 0 Å². The molecule has 0 aromatic carbocycles. The summed E-state index contributed by atoms with van der Waals surface area (Å²) in [5, 5.41) is 0. The zero-order valence-corrected chi connectivity index (χ0v) is 9.19. The average Bonchev–Trinajstić information content (AvgIpc) is 1.19. The second kappa shape index (κ2) is 8.86. The van der Waals surface area contributed by atoms with Gasteiger partial charge in [-0.15, -0.1) is 0 Å². The molecule has 0 aliphatic rings. The Balaban J connectivity index is -0.0000000910. The quantitative estimate of drug-likeness (QED) is 0.375. The third-order valence-electron chi connectivity index (χ3n) is 0. The number of rotatable bonds is 0. The minimum atomic E-state index is -5.17. The SMILES string of the molecule is O=S(=O)([O-])[O-].[Cl][Co]([Cl])[Cl].[Mn+2]. The van der Waals surface area contributed by atoms with Gasteiger partial charge in [-0.3, -0.25) is 8.42 Å². The molecule has 0 unspecified atom stereocenters. The molecule has 0 aromatic heterocycles. The summed E-state index contributed by atoms with van der Waals surface area (Å²) in [6.45, 7) is 0. The summed E-state index contributed by atoms with van der Waals surface area (Å²) in [6.07, 6.45) is 0. The van der Waals surface area contributed by atoms with Crippen LogP contribution in [0.1, 0.15) is 0 Å². The molecule has 0 aliphatic carbocycles. The minimum Gasteiger partial charge on any atom is 2.00 e. The molecule has 0 spiro atoms. The second-order valence-electron chi connectivity index (χ2n) is 0.551. The van der Waals surface area contributed by atoms with Crippen LogP contribution in [0.15, 0.2) is 0 Å². The van der Waals surface area contributed by atoms with E-state index in [1.165, 1.54) is 0 Å². The first-order valence-corrected chi connectivity index (χ1v) is 6.68. The number of halogens is 3. The van der Waals surface area contributed by atoms with Gasteiger partial charge >= 0.3 is 58.5 Å². The van der Waals surface area contributed by atoms with Gasteiger partial charge < -0.3 is 9.11 Å². The van der Waals surface area contributed by atoms with Gasteiger partial charge in [0.15, 0.2) is 0 Å². The van der Waals surface area contributed by atoms with Gasteiger partial charge in [-0.25, -0.2) is 0 Å². The van der Waals surface area contributed by atoms with Crippen molar-refractivity contribution in [1.82, 2.24) is 0 Å². The van der Waals surface area contributed by atoms with Gasteiger partial charge in [-0.2, -0.15) is 0 Å². The van der Waals surface area contributed by atoms with E-state index in [2.05, 4.69) is 0 Å². The molecule has 0 atom stereocenters. The summed E-state index contributed by atoms with van der Waals surface area (Å²) in [5.41, 5.74) is 0. The maximum absolute atomic E-state index is 8.52. The van der Waals surface area contributed by atoms with Crippen molar-refractivity contribution in [1.29, 1.82) is 0 Å². The first-order chi connectivity index (χ1) is 3.73. The summed E-state index contributed by atoms with van der Waals surface area (Å²) in [4.78, 5) is 0. The van der Waals surface area contributed by atoms with Crippen LogP contribution in [0.4, 0.5) is 0 Å². The molecular weight excluding hydrogens is 316 g/mol. The van der Waals surface area contributed by atoms with Crippen molar-refractivity contribution in [3.63, 3.8) is 0 Å². The maximum atomic E-state index is 8.52. The monoisotopic (exact) mass is 315 g/mol. The van der Waals surface area contributed by atoms with Crippen LogP contribution in [0.5, 0.6) is 0 Å². The van der Waals surface area contributed by atoms with E-state index < -0.39 is 21.3 Å². The molecule has 0 saturated heterocycles. The molecule has 10 heteroatoms. The van der Waals surface area contributed by atoms with Crippen LogP contribution in [0.2, 0.25) is 0 Å². The van der Waals surface area contributed by atoms with Crippen LogP contribution in [-0.2, 0) is 38.4 Å². The Labute approximate surface area is 85.8 Å². The second-order valence-corrected chi connectivity index (χ2v) is 6.53. The molecule has 0 amide bonds. The standard InChI is InChI=1S/3ClH.Co.Mn.H2O4S/c;;;;;1-5(2,3)4/h3*1H;;;(H2,1,2,3,4)/q;;;+3;+2;/p-5. The Morgan fingerprint density at radius 1 is 1.10 bits per heavy atom. The summed E-state index contributed by atoms with van der Waals surface area (Å²) >= 11 is 0. The topological polar surface area (TPSA) is 80.3 Å². The van der Waals surface area contributed by atoms with Gasteiger partial charge in [-0.05, 0) is 0 Å². The summed E-state index contributed by atoms with van der Waals surface area (Å²) in [7, 11) is 8.25. The zero-order chi connectivity index (χ0) is 8.08. The van der Waals surface area contributed by atoms with Crippen LogP contribution < -0.4 is 0 Å². The summed E-state index contributed by atoms with van der Waals surface area (Å²) < 4.78 is 34.1. The molecule has 0 heterocycles. The smallest absolute Gasteiger partial charge is 2.00 e. The molecule has 1 radical (unpaired) electrons. The summed E-state index contributed by atoms with van der Waals surface area (Å²) in [5.74, 6) is 0. The first-order valence-electron chi connectivity index (χ1n) is 1.04. The van der Waals surface area contributed by atoms with E-state index in [0.29, 0.717) is 0 Å². The van der Waals surface area contributed by atoms with E-state index >= 15 is 0 Å². The Morgan fingerprint density at radius 3 is 1.10 bits per heavy atom. The molecule has 0 fully saturated rings. The van der Waals surface area contributed by atoms with E-state index in [-0.39, 0.29) is 17.1 Å². The fraction of sp³-hybridized carbons (Fsp3) is 0. The third kappa shape index (κ3) is 241. The zero-order valence-electron chi connectivity index (χ0n) is 3.89. The van der Waals surface area contributed by atoms with Gasteiger partial charge in [0, 0.05) is 10.4 Å². The Bertz CT molecular complexity index is 132. The fourth-order valence-electron chi connectivity index (χ4n) is 0. The van der Waals surface area contributed by atoms with Crippen LogP contribution >= 0.6 is 30.4 Å². The Kier molecular flexibility index (Phi) is 15.7. The Morgan fingerprint density at radius 2 is 1.10 bits per heavy atom. The van der Waals surface area contributed by atoms with E-state index in [1.807, 2.05) is 0 Å². The predicted molar refractivity (Wildman–Crippen MR) is 28.0 cm³/mol. The molecule has 0 saturated carbocycles. The van der Waals surface area contributed by atoms with Crippen molar-refractivity contribution in [3.8, 4) is 0 Å². The molecule has 0 aromatic rings. The first kappa shape index (κ1) is 17.7. The van der Waals surface area contributed by atoms with Crippen molar-refractivity contribution < 1.29 is 45.5 Å². The molecule has 67 valence electrons. The molecule has 4 nitrogen and oxygen atoms in total. The fourth-order valence-corrected chi connectivity index (χ4v) is 0. The third-order valence-corrected chi connectivity index (χ3v) is 0. The molecule has 0 bridgehead atoms. The van der Waals surface area contributed by atoms with Crippen molar-refractivity contribution in [2.75, 3.05) is 0 Å². The summed E-state index contributed by atoms with van der Waals surface area (Å²) in [6, 6.07) is 0. The van der Waals surface area contributed by atoms with E-state index in [9.17, 15) is 0 Å². The van der Waals surface area contributed by atoms with Crippen LogP contribution in [-0.4, -0.2) is 17.5 Å². The van der Waals surface area contributed by atoms with Crippen molar-refractivity contribution in [3.05, 3.63) is 0 Å². The largest absolute Gasteiger partial charge is 2.00 e. The number of hydrogen-bond donors (Lipinski definition) is 0. The molecule has 0 aliphatic heterocycles. The van der Waals surface area contributed by atoms with Crippen molar-refractivity contribution in [2.24, 2.45) is 0 Å². The van der Waals surface area contributed by atoms with Gasteiger partial charge in [0.1, 0.15) is 0 Å². The minimum absolute atomic E-state index is 0. The Hall–Kier alpha value is 1.77. The molecular formula is Cl3CoMnO4S. The normalized spacial score (nSPS) is 10.3. The predicted octanol–water partition coefficient (Wildman–Crippen LogP) is 0.726. The van der Waals surface area contributed by atoms with Crippen LogP contribution in [0.3, 0.4) is 0 Å². The molecule has 10 heavy (non-hydrogen) atoms. The van der Waals surface area contributed by atoms with Gasteiger partial charge in [0.2, 0.25) is 0 Å². The van der Waals surface area contributed by atoms with E-state index in [1.54, 1.807) is 0 Å². The van der Waals surface area contributed by atoms with Gasteiger partial charge in [0.05, 0.1) is 0 Å². The molecule has 0 N–H and O–H groups in total. The van der Waals surface area contributed by atoms with Crippen LogP contribution in [0, 0.1) is 0 Å².